The maximum absolute atomic E-state index is 12.2. The Labute approximate surface area is 143 Å². The van der Waals surface area contributed by atoms with Crippen LogP contribution in [0.3, 0.4) is 0 Å². The maximum atomic E-state index is 12.2. The van der Waals surface area contributed by atoms with Gasteiger partial charge >= 0.3 is 5.97 Å². The molecule has 1 spiro atoms. The lowest BCUT2D eigenvalue weighted by Crippen LogP contribution is -2.45. The predicted molar refractivity (Wildman–Crippen MR) is 88.2 cm³/mol. The maximum Gasteiger partial charge on any atom is 0.307 e. The van der Waals surface area contributed by atoms with Crippen LogP contribution in [-0.4, -0.2) is 47.4 Å². The summed E-state index contributed by atoms with van der Waals surface area (Å²) < 4.78 is 0. The highest BCUT2D eigenvalue weighted by atomic mass is 16.4. The summed E-state index contributed by atoms with van der Waals surface area (Å²) in [6, 6.07) is 0. The average molecular weight is 336 g/mol. The molecule has 134 valence electrons. The van der Waals surface area contributed by atoms with Crippen LogP contribution < -0.4 is 5.32 Å². The van der Waals surface area contributed by atoms with E-state index in [0.717, 1.165) is 25.7 Å². The fraction of sp³-hybridized carbons (Fsp3) is 0.833. The van der Waals surface area contributed by atoms with E-state index in [2.05, 4.69) is 5.32 Å². The fourth-order valence-electron chi connectivity index (χ4n) is 4.46. The minimum absolute atomic E-state index is 0.0307. The van der Waals surface area contributed by atoms with Crippen LogP contribution in [0.25, 0.3) is 0 Å². The second-order valence-corrected chi connectivity index (χ2v) is 7.80. The zero-order valence-electron chi connectivity index (χ0n) is 14.3. The fourth-order valence-corrected chi connectivity index (χ4v) is 4.46. The van der Waals surface area contributed by atoms with Crippen molar-refractivity contribution in [3.63, 3.8) is 0 Å². The third-order valence-corrected chi connectivity index (χ3v) is 6.29. The van der Waals surface area contributed by atoms with Crippen molar-refractivity contribution in [3.8, 4) is 0 Å². The second kappa shape index (κ2) is 7.11. The molecule has 0 aromatic heterocycles. The molecule has 2 N–H and O–H groups in total. The number of rotatable bonds is 6. The van der Waals surface area contributed by atoms with Crippen LogP contribution in [0.4, 0.5) is 0 Å². The SMILES string of the molecule is O=C(CCC1CCCC1)NCC(=O)N1CCC2(CC1)CC2C(=O)O. The molecule has 2 amide bonds. The smallest absolute Gasteiger partial charge is 0.307 e. The van der Waals surface area contributed by atoms with E-state index in [1.165, 1.54) is 25.7 Å². The number of likely N-dealkylation sites (tertiary alicyclic amines) is 1. The molecule has 0 aromatic rings. The molecule has 1 saturated heterocycles. The molecule has 1 aliphatic heterocycles. The van der Waals surface area contributed by atoms with Gasteiger partial charge in [-0.15, -0.1) is 0 Å². The first kappa shape index (κ1) is 17.2. The number of carbonyl (C=O) groups excluding carboxylic acids is 2. The van der Waals surface area contributed by atoms with Gasteiger partial charge in [-0.05, 0) is 37.0 Å². The number of amides is 2. The number of carboxylic acid groups (broad SMARTS) is 1. The molecule has 24 heavy (non-hydrogen) atoms. The first-order valence-corrected chi connectivity index (χ1v) is 9.27. The molecule has 1 heterocycles. The molecular formula is C18H28N2O4. The topological polar surface area (TPSA) is 86.7 Å². The average Bonchev–Trinajstić information content (AvgIpc) is 3.03. The van der Waals surface area contributed by atoms with E-state index >= 15 is 0 Å². The molecule has 3 fully saturated rings. The van der Waals surface area contributed by atoms with E-state index in [9.17, 15) is 14.4 Å². The lowest BCUT2D eigenvalue weighted by Gasteiger charge is -2.32. The van der Waals surface area contributed by atoms with Gasteiger partial charge in [-0.25, -0.2) is 0 Å². The van der Waals surface area contributed by atoms with Crippen molar-refractivity contribution >= 4 is 17.8 Å². The Morgan fingerprint density at radius 2 is 1.79 bits per heavy atom. The van der Waals surface area contributed by atoms with Crippen molar-refractivity contribution in [3.05, 3.63) is 0 Å². The monoisotopic (exact) mass is 336 g/mol. The Kier molecular flexibility index (Phi) is 5.11. The molecule has 0 aromatic carbocycles. The molecule has 0 radical (unpaired) electrons. The van der Waals surface area contributed by atoms with Crippen LogP contribution in [0.15, 0.2) is 0 Å². The highest BCUT2D eigenvalue weighted by molar-refractivity contribution is 5.84. The number of carboxylic acids is 1. The van der Waals surface area contributed by atoms with Crippen molar-refractivity contribution < 1.29 is 19.5 Å². The van der Waals surface area contributed by atoms with Crippen LogP contribution in [0.1, 0.15) is 57.8 Å². The summed E-state index contributed by atoms with van der Waals surface area (Å²) in [7, 11) is 0. The predicted octanol–water partition coefficient (Wildman–Crippen LogP) is 1.79. The number of piperidine rings is 1. The van der Waals surface area contributed by atoms with Gasteiger partial charge in [0.25, 0.3) is 0 Å². The van der Waals surface area contributed by atoms with E-state index in [1.54, 1.807) is 4.90 Å². The third-order valence-electron chi connectivity index (χ3n) is 6.29. The van der Waals surface area contributed by atoms with Crippen molar-refractivity contribution in [1.29, 1.82) is 0 Å². The lowest BCUT2D eigenvalue weighted by atomic mass is 9.91. The van der Waals surface area contributed by atoms with Crippen molar-refractivity contribution in [2.24, 2.45) is 17.3 Å². The first-order chi connectivity index (χ1) is 11.5. The minimum Gasteiger partial charge on any atom is -0.481 e. The molecule has 2 saturated carbocycles. The van der Waals surface area contributed by atoms with Gasteiger partial charge in [0.15, 0.2) is 0 Å². The first-order valence-electron chi connectivity index (χ1n) is 9.27. The van der Waals surface area contributed by atoms with Crippen molar-refractivity contribution in [1.82, 2.24) is 10.2 Å². The normalized spacial score (nSPS) is 25.7. The van der Waals surface area contributed by atoms with Gasteiger partial charge in [-0.3, -0.25) is 14.4 Å². The van der Waals surface area contributed by atoms with Gasteiger partial charge in [0.2, 0.25) is 11.8 Å². The summed E-state index contributed by atoms with van der Waals surface area (Å²) in [5.74, 6) is -0.316. The summed E-state index contributed by atoms with van der Waals surface area (Å²) in [6.07, 6.45) is 8.77. The largest absolute Gasteiger partial charge is 0.481 e. The quantitative estimate of drug-likeness (QED) is 0.774. The van der Waals surface area contributed by atoms with E-state index in [-0.39, 0.29) is 29.7 Å². The summed E-state index contributed by atoms with van der Waals surface area (Å²) in [5.41, 5.74) is -0.0624. The van der Waals surface area contributed by atoms with E-state index in [1.807, 2.05) is 0 Å². The highest BCUT2D eigenvalue weighted by Gasteiger charge is 2.59. The van der Waals surface area contributed by atoms with Crippen LogP contribution >= 0.6 is 0 Å². The zero-order valence-corrected chi connectivity index (χ0v) is 14.3. The van der Waals surface area contributed by atoms with Crippen LogP contribution in [-0.2, 0) is 14.4 Å². The Morgan fingerprint density at radius 3 is 2.38 bits per heavy atom. The Morgan fingerprint density at radius 1 is 1.12 bits per heavy atom. The molecule has 6 nitrogen and oxygen atoms in total. The number of aliphatic carboxylic acids is 1. The molecule has 0 bridgehead atoms. The van der Waals surface area contributed by atoms with Gasteiger partial charge in [-0.1, -0.05) is 25.7 Å². The Bertz CT molecular complexity index is 505. The molecule has 3 aliphatic rings. The summed E-state index contributed by atoms with van der Waals surface area (Å²) in [4.78, 5) is 36.9. The molecule has 6 heteroatoms. The Balaban J connectivity index is 1.32. The van der Waals surface area contributed by atoms with Crippen molar-refractivity contribution in [2.45, 2.75) is 57.8 Å². The van der Waals surface area contributed by atoms with E-state index in [0.29, 0.717) is 25.4 Å². The molecule has 1 atom stereocenters. The van der Waals surface area contributed by atoms with E-state index in [4.69, 9.17) is 5.11 Å². The summed E-state index contributed by atoms with van der Waals surface area (Å²) in [5, 5.41) is 11.8. The summed E-state index contributed by atoms with van der Waals surface area (Å²) >= 11 is 0. The standard InChI is InChI=1S/C18H28N2O4/c21-15(6-5-13-3-1-2-4-13)19-12-16(22)20-9-7-18(8-10-20)11-14(18)17(23)24/h13-14H,1-12H2,(H,19,21)(H,23,24). The highest BCUT2D eigenvalue weighted by Crippen LogP contribution is 2.59. The lowest BCUT2D eigenvalue weighted by molar-refractivity contribution is -0.140. The molecule has 1 unspecified atom stereocenters. The number of carbonyl (C=O) groups is 3. The Hall–Kier alpha value is -1.59. The van der Waals surface area contributed by atoms with Gasteiger partial charge in [-0.2, -0.15) is 0 Å². The minimum atomic E-state index is -0.704. The van der Waals surface area contributed by atoms with Gasteiger partial charge in [0, 0.05) is 19.5 Å². The van der Waals surface area contributed by atoms with Gasteiger partial charge < -0.3 is 15.3 Å². The molecular weight excluding hydrogens is 308 g/mol. The summed E-state index contributed by atoms with van der Waals surface area (Å²) in [6.45, 7) is 1.29. The second-order valence-electron chi connectivity index (χ2n) is 7.80. The van der Waals surface area contributed by atoms with Crippen LogP contribution in [0.2, 0.25) is 0 Å². The third kappa shape index (κ3) is 3.90. The van der Waals surface area contributed by atoms with Crippen LogP contribution in [0, 0.1) is 17.3 Å². The van der Waals surface area contributed by atoms with E-state index < -0.39 is 5.97 Å². The number of nitrogens with zero attached hydrogens (tertiary/aromatic N) is 1. The molecule has 2 aliphatic carbocycles. The molecule has 3 rings (SSSR count). The number of nitrogens with one attached hydrogen (secondary N) is 1. The van der Waals surface area contributed by atoms with Gasteiger partial charge in [0.05, 0.1) is 12.5 Å². The van der Waals surface area contributed by atoms with Gasteiger partial charge in [0.1, 0.15) is 0 Å². The zero-order chi connectivity index (χ0) is 17.2. The number of hydrogen-bond donors (Lipinski definition) is 2. The number of hydrogen-bond acceptors (Lipinski definition) is 3. The van der Waals surface area contributed by atoms with Crippen LogP contribution in [0.5, 0.6) is 0 Å². The van der Waals surface area contributed by atoms with Crippen molar-refractivity contribution in [2.75, 3.05) is 19.6 Å².